The molecule has 0 saturated carbocycles. The van der Waals surface area contributed by atoms with E-state index in [-0.39, 0.29) is 0 Å². The molecule has 0 saturated heterocycles. The van der Waals surface area contributed by atoms with Crippen molar-refractivity contribution in [2.75, 3.05) is 0 Å². The van der Waals surface area contributed by atoms with Gasteiger partial charge in [-0.2, -0.15) is 4.57 Å². The number of fused-ring (bicyclic) bond motifs is 2. The lowest BCUT2D eigenvalue weighted by Gasteiger charge is -2.08. The molecule has 4 aromatic rings. The smallest absolute Gasteiger partial charge is 0.191 e. The van der Waals surface area contributed by atoms with Crippen LogP contribution in [0.2, 0.25) is 0 Å². The second-order valence-electron chi connectivity index (χ2n) is 5.00. The second kappa shape index (κ2) is 4.73. The molecule has 0 aliphatic carbocycles. The van der Waals surface area contributed by atoms with E-state index in [0.717, 1.165) is 6.54 Å². The molecular formula is C18H14NS+. The highest BCUT2D eigenvalue weighted by atomic mass is 32.1. The molecule has 2 heteroatoms. The Morgan fingerprint density at radius 2 is 1.50 bits per heavy atom. The molecule has 0 spiro atoms. The van der Waals surface area contributed by atoms with Crippen molar-refractivity contribution >= 4 is 32.9 Å². The summed E-state index contributed by atoms with van der Waals surface area (Å²) in [7, 11) is 0. The van der Waals surface area contributed by atoms with Crippen molar-refractivity contribution in [3.05, 3.63) is 77.2 Å². The molecule has 0 bridgehead atoms. The number of benzene rings is 3. The number of hydrogen-bond acceptors (Lipinski definition) is 1. The number of aromatic nitrogens is 1. The number of thiazole rings is 1. The molecule has 96 valence electrons. The van der Waals surface area contributed by atoms with Crippen LogP contribution in [-0.2, 0) is 6.54 Å². The van der Waals surface area contributed by atoms with Crippen LogP contribution in [0.15, 0.2) is 71.7 Å². The third kappa shape index (κ3) is 1.89. The molecule has 4 rings (SSSR count). The van der Waals surface area contributed by atoms with Gasteiger partial charge in [-0.1, -0.05) is 59.9 Å². The number of hydrogen-bond donors (Lipinski definition) is 0. The zero-order chi connectivity index (χ0) is 13.4. The van der Waals surface area contributed by atoms with Crippen LogP contribution >= 0.6 is 11.3 Å². The molecule has 20 heavy (non-hydrogen) atoms. The molecule has 0 amide bonds. The van der Waals surface area contributed by atoms with Crippen LogP contribution in [0.1, 0.15) is 5.56 Å². The van der Waals surface area contributed by atoms with Crippen molar-refractivity contribution in [1.82, 2.24) is 0 Å². The lowest BCUT2D eigenvalue weighted by molar-refractivity contribution is -0.683. The first kappa shape index (κ1) is 11.6. The summed E-state index contributed by atoms with van der Waals surface area (Å²) < 4.78 is 2.25. The fourth-order valence-electron chi connectivity index (χ4n) is 2.81. The van der Waals surface area contributed by atoms with E-state index in [4.69, 9.17) is 0 Å². The van der Waals surface area contributed by atoms with Crippen LogP contribution < -0.4 is 4.57 Å². The molecule has 0 aliphatic heterocycles. The molecule has 0 aliphatic rings. The Morgan fingerprint density at radius 1 is 0.850 bits per heavy atom. The van der Waals surface area contributed by atoms with Crippen LogP contribution in [0.25, 0.3) is 21.5 Å². The van der Waals surface area contributed by atoms with Gasteiger partial charge in [0.25, 0.3) is 0 Å². The van der Waals surface area contributed by atoms with Crippen molar-refractivity contribution in [2.24, 2.45) is 0 Å². The predicted molar refractivity (Wildman–Crippen MR) is 85.1 cm³/mol. The van der Waals surface area contributed by atoms with Crippen LogP contribution in [0, 0.1) is 0 Å². The lowest BCUT2D eigenvalue weighted by Crippen LogP contribution is -2.30. The molecule has 0 fully saturated rings. The maximum Gasteiger partial charge on any atom is 0.224 e. The fraction of sp³-hybridized carbons (Fsp3) is 0.0556. The summed E-state index contributed by atoms with van der Waals surface area (Å²) in [6, 6.07) is 19.6. The first-order valence-electron chi connectivity index (χ1n) is 6.72. The van der Waals surface area contributed by atoms with Gasteiger partial charge in [0.1, 0.15) is 0 Å². The molecule has 1 aromatic heterocycles. The minimum absolute atomic E-state index is 0.922. The normalized spacial score (nSPS) is 11.2. The Morgan fingerprint density at radius 3 is 2.10 bits per heavy atom. The van der Waals surface area contributed by atoms with E-state index in [0.29, 0.717) is 0 Å². The van der Waals surface area contributed by atoms with E-state index < -0.39 is 0 Å². The summed E-state index contributed by atoms with van der Waals surface area (Å²) >= 11 is 1.73. The standard InChI is InChI=1S/C18H14NS/c1-3-7-16-14(5-1)11-15-6-2-4-8-17(15)18(16)12-19-9-10-20-13-19/h1-11,13H,12H2/q+1. The molecular weight excluding hydrogens is 262 g/mol. The van der Waals surface area contributed by atoms with Gasteiger partial charge in [0.2, 0.25) is 5.51 Å². The maximum atomic E-state index is 2.28. The molecule has 1 nitrogen and oxygen atoms in total. The van der Waals surface area contributed by atoms with E-state index in [9.17, 15) is 0 Å². The molecule has 0 radical (unpaired) electrons. The molecule has 0 unspecified atom stereocenters. The van der Waals surface area contributed by atoms with Gasteiger partial charge in [-0.3, -0.25) is 0 Å². The van der Waals surface area contributed by atoms with Crippen LogP contribution in [-0.4, -0.2) is 0 Å². The van der Waals surface area contributed by atoms with Crippen molar-refractivity contribution < 1.29 is 4.57 Å². The van der Waals surface area contributed by atoms with Gasteiger partial charge in [-0.25, -0.2) is 0 Å². The number of rotatable bonds is 2. The quantitative estimate of drug-likeness (QED) is 0.377. The van der Waals surface area contributed by atoms with Crippen LogP contribution in [0.4, 0.5) is 0 Å². The number of nitrogens with zero attached hydrogens (tertiary/aromatic N) is 1. The summed E-state index contributed by atoms with van der Waals surface area (Å²) in [5.74, 6) is 0. The van der Waals surface area contributed by atoms with Crippen LogP contribution in [0.3, 0.4) is 0 Å². The Balaban J connectivity index is 2.06. The largest absolute Gasteiger partial charge is 0.224 e. The van der Waals surface area contributed by atoms with Crippen molar-refractivity contribution in [1.29, 1.82) is 0 Å². The van der Waals surface area contributed by atoms with Gasteiger partial charge >= 0.3 is 0 Å². The molecule has 3 aromatic carbocycles. The highest BCUT2D eigenvalue weighted by molar-refractivity contribution is 7.07. The Kier molecular flexibility index (Phi) is 2.75. The minimum Gasteiger partial charge on any atom is -0.191 e. The van der Waals surface area contributed by atoms with E-state index in [2.05, 4.69) is 76.3 Å². The average Bonchev–Trinajstić information content (AvgIpc) is 3.00. The lowest BCUT2D eigenvalue weighted by atomic mass is 9.97. The maximum absolute atomic E-state index is 2.28. The van der Waals surface area contributed by atoms with Gasteiger partial charge in [0, 0.05) is 5.56 Å². The monoisotopic (exact) mass is 276 g/mol. The highest BCUT2D eigenvalue weighted by Gasteiger charge is 2.11. The summed E-state index contributed by atoms with van der Waals surface area (Å²) in [5.41, 5.74) is 3.57. The predicted octanol–water partition coefficient (Wildman–Crippen LogP) is 4.39. The Bertz CT molecular complexity index is 824. The second-order valence-corrected chi connectivity index (χ2v) is 5.75. The third-order valence-corrected chi connectivity index (χ3v) is 4.42. The molecule has 1 heterocycles. The first-order valence-corrected chi connectivity index (χ1v) is 7.67. The van der Waals surface area contributed by atoms with E-state index in [1.807, 2.05) is 0 Å². The SMILES string of the molecule is c1ccc2c(C[n+]3ccsc3)c3ccccc3cc2c1. The third-order valence-electron chi connectivity index (χ3n) is 3.75. The Labute approximate surface area is 121 Å². The summed E-state index contributed by atoms with van der Waals surface area (Å²) in [6.07, 6.45) is 2.14. The van der Waals surface area contributed by atoms with Crippen molar-refractivity contribution in [2.45, 2.75) is 6.54 Å². The zero-order valence-electron chi connectivity index (χ0n) is 11.0. The summed E-state index contributed by atoms with van der Waals surface area (Å²) in [6.45, 7) is 0.922. The molecule has 0 N–H and O–H groups in total. The van der Waals surface area contributed by atoms with Crippen LogP contribution in [0.5, 0.6) is 0 Å². The van der Waals surface area contributed by atoms with Crippen molar-refractivity contribution in [3.8, 4) is 0 Å². The average molecular weight is 276 g/mol. The van der Waals surface area contributed by atoms with E-state index in [1.165, 1.54) is 27.1 Å². The topological polar surface area (TPSA) is 3.88 Å². The van der Waals surface area contributed by atoms with Gasteiger partial charge < -0.3 is 0 Å². The van der Waals surface area contributed by atoms with Gasteiger partial charge in [-0.05, 0) is 27.6 Å². The molecule has 0 atom stereocenters. The van der Waals surface area contributed by atoms with Crippen molar-refractivity contribution in [3.63, 3.8) is 0 Å². The fourth-order valence-corrected chi connectivity index (χ4v) is 3.41. The minimum atomic E-state index is 0.922. The Hall–Kier alpha value is -2.19. The van der Waals surface area contributed by atoms with Gasteiger partial charge in [0.05, 0.1) is 5.38 Å². The van der Waals surface area contributed by atoms with Gasteiger partial charge in [-0.15, -0.1) is 0 Å². The zero-order valence-corrected chi connectivity index (χ0v) is 11.8. The van der Waals surface area contributed by atoms with E-state index >= 15 is 0 Å². The summed E-state index contributed by atoms with van der Waals surface area (Å²) in [5, 5.41) is 7.46. The first-order chi connectivity index (χ1) is 9.92. The van der Waals surface area contributed by atoms with E-state index in [1.54, 1.807) is 11.3 Å². The highest BCUT2D eigenvalue weighted by Crippen LogP contribution is 2.28. The summed E-state index contributed by atoms with van der Waals surface area (Å²) in [4.78, 5) is 0. The van der Waals surface area contributed by atoms with Gasteiger partial charge in [0.15, 0.2) is 12.7 Å².